The number of amides is 3. The van der Waals surface area contributed by atoms with E-state index in [0.717, 1.165) is 42.9 Å². The van der Waals surface area contributed by atoms with E-state index in [1.165, 1.54) is 0 Å². The maximum absolute atomic E-state index is 12.1. The molecule has 0 bridgehead atoms. The molecule has 0 spiro atoms. The van der Waals surface area contributed by atoms with E-state index in [0.29, 0.717) is 18.9 Å². The van der Waals surface area contributed by atoms with E-state index in [1.807, 2.05) is 19.1 Å². The number of piperidine rings is 1. The highest BCUT2D eigenvalue weighted by molar-refractivity contribution is 6.06. The minimum absolute atomic E-state index is 0.217. The SMILES string of the molecule is Cc1c(N2CCC(CO)CC2)cccc1N1CCC(=O)NC1=O. The summed E-state index contributed by atoms with van der Waals surface area (Å²) in [6, 6.07) is 5.61. The Hall–Kier alpha value is -2.08. The fourth-order valence-corrected chi connectivity index (χ4v) is 3.40. The first-order valence-corrected chi connectivity index (χ1v) is 8.17. The van der Waals surface area contributed by atoms with Gasteiger partial charge in [0.05, 0.1) is 5.69 Å². The third-order valence-electron chi connectivity index (χ3n) is 4.83. The number of anilines is 2. The van der Waals surface area contributed by atoms with Gasteiger partial charge in [-0.15, -0.1) is 0 Å². The van der Waals surface area contributed by atoms with Crippen LogP contribution in [0.2, 0.25) is 0 Å². The van der Waals surface area contributed by atoms with Gasteiger partial charge in [-0.1, -0.05) is 6.07 Å². The van der Waals surface area contributed by atoms with Crippen molar-refractivity contribution in [3.8, 4) is 0 Å². The van der Waals surface area contributed by atoms with Gasteiger partial charge < -0.3 is 10.0 Å². The van der Waals surface area contributed by atoms with E-state index in [-0.39, 0.29) is 18.5 Å². The fourth-order valence-electron chi connectivity index (χ4n) is 3.40. The molecule has 1 aromatic rings. The topological polar surface area (TPSA) is 72.9 Å². The van der Waals surface area contributed by atoms with Crippen LogP contribution in [-0.4, -0.2) is 43.3 Å². The molecule has 0 radical (unpaired) electrons. The molecule has 3 amide bonds. The van der Waals surface area contributed by atoms with Gasteiger partial charge in [0, 0.05) is 38.3 Å². The lowest BCUT2D eigenvalue weighted by Gasteiger charge is -2.35. The lowest BCUT2D eigenvalue weighted by atomic mass is 9.96. The first kappa shape index (κ1) is 15.8. The van der Waals surface area contributed by atoms with Crippen LogP contribution >= 0.6 is 0 Å². The highest BCUT2D eigenvalue weighted by Gasteiger charge is 2.27. The zero-order chi connectivity index (χ0) is 16.4. The normalized spacial score (nSPS) is 19.9. The molecular weight excluding hydrogens is 294 g/mol. The summed E-state index contributed by atoms with van der Waals surface area (Å²) in [5.41, 5.74) is 3.04. The second-order valence-electron chi connectivity index (χ2n) is 6.29. The summed E-state index contributed by atoms with van der Waals surface area (Å²) < 4.78 is 0. The first-order valence-electron chi connectivity index (χ1n) is 8.17. The van der Waals surface area contributed by atoms with Crippen LogP contribution in [-0.2, 0) is 4.79 Å². The molecular formula is C17H23N3O3. The number of hydrogen-bond acceptors (Lipinski definition) is 4. The van der Waals surface area contributed by atoms with Crippen LogP contribution in [0.4, 0.5) is 16.2 Å². The van der Waals surface area contributed by atoms with Gasteiger partial charge in [-0.05, 0) is 43.4 Å². The molecule has 2 aliphatic rings. The van der Waals surface area contributed by atoms with Crippen molar-refractivity contribution in [2.75, 3.05) is 36.0 Å². The molecule has 6 nitrogen and oxygen atoms in total. The Morgan fingerprint density at radius 1 is 1.17 bits per heavy atom. The van der Waals surface area contributed by atoms with Gasteiger partial charge in [-0.25, -0.2) is 4.79 Å². The second-order valence-corrected chi connectivity index (χ2v) is 6.29. The molecule has 6 heteroatoms. The molecule has 2 N–H and O–H groups in total. The van der Waals surface area contributed by atoms with Gasteiger partial charge in [0.25, 0.3) is 0 Å². The molecule has 23 heavy (non-hydrogen) atoms. The van der Waals surface area contributed by atoms with Crippen molar-refractivity contribution in [1.82, 2.24) is 5.32 Å². The van der Waals surface area contributed by atoms with Gasteiger partial charge in [0.15, 0.2) is 0 Å². The number of aliphatic hydroxyl groups is 1. The van der Waals surface area contributed by atoms with Gasteiger partial charge in [-0.2, -0.15) is 0 Å². The van der Waals surface area contributed by atoms with Crippen LogP contribution in [0.15, 0.2) is 18.2 Å². The maximum Gasteiger partial charge on any atom is 0.328 e. The molecule has 0 saturated carbocycles. The van der Waals surface area contributed by atoms with Crippen LogP contribution in [0, 0.1) is 12.8 Å². The summed E-state index contributed by atoms with van der Waals surface area (Å²) in [6.07, 6.45) is 2.30. The van der Waals surface area contributed by atoms with Crippen molar-refractivity contribution in [2.45, 2.75) is 26.2 Å². The number of imide groups is 1. The molecule has 1 aromatic carbocycles. The van der Waals surface area contributed by atoms with E-state index in [1.54, 1.807) is 4.90 Å². The zero-order valence-corrected chi connectivity index (χ0v) is 13.4. The summed E-state index contributed by atoms with van der Waals surface area (Å²) in [6.45, 7) is 4.53. The van der Waals surface area contributed by atoms with Crippen molar-refractivity contribution in [2.24, 2.45) is 5.92 Å². The predicted octanol–water partition coefficient (Wildman–Crippen LogP) is 1.65. The number of urea groups is 1. The third kappa shape index (κ3) is 3.17. The standard InChI is InChI=1S/C17H23N3O3/c1-12-14(19-8-5-13(11-21)6-9-19)3-2-4-15(12)20-10-7-16(22)18-17(20)23/h2-4,13,21H,5-11H2,1H3,(H,18,22,23). The second kappa shape index (κ2) is 6.58. The Labute approximate surface area is 136 Å². The largest absolute Gasteiger partial charge is 0.396 e. The van der Waals surface area contributed by atoms with Crippen molar-refractivity contribution in [3.63, 3.8) is 0 Å². The van der Waals surface area contributed by atoms with E-state index < -0.39 is 0 Å². The number of carbonyl (C=O) groups excluding carboxylic acids is 2. The van der Waals surface area contributed by atoms with Gasteiger partial charge in [0.1, 0.15) is 0 Å². The summed E-state index contributed by atoms with van der Waals surface area (Å²) in [4.78, 5) is 27.4. The molecule has 2 saturated heterocycles. The van der Waals surface area contributed by atoms with Crippen molar-refractivity contribution in [1.29, 1.82) is 0 Å². The third-order valence-corrected chi connectivity index (χ3v) is 4.83. The summed E-state index contributed by atoms with van der Waals surface area (Å²) in [5.74, 6) is 0.180. The van der Waals surface area contributed by atoms with Crippen molar-refractivity contribution >= 4 is 23.3 Å². The van der Waals surface area contributed by atoms with Gasteiger partial charge in [0.2, 0.25) is 5.91 Å². The summed E-state index contributed by atoms with van der Waals surface area (Å²) in [7, 11) is 0. The predicted molar refractivity (Wildman–Crippen MR) is 88.7 cm³/mol. The van der Waals surface area contributed by atoms with Crippen LogP contribution in [0.5, 0.6) is 0 Å². The Kier molecular flexibility index (Phi) is 4.52. The zero-order valence-electron chi connectivity index (χ0n) is 13.4. The van der Waals surface area contributed by atoms with E-state index in [9.17, 15) is 14.7 Å². The molecule has 124 valence electrons. The molecule has 2 fully saturated rings. The summed E-state index contributed by atoms with van der Waals surface area (Å²) in [5, 5.41) is 11.6. The highest BCUT2D eigenvalue weighted by Crippen LogP contribution is 2.32. The Balaban J connectivity index is 1.81. The molecule has 0 atom stereocenters. The minimum atomic E-state index is -0.347. The highest BCUT2D eigenvalue weighted by atomic mass is 16.3. The van der Waals surface area contributed by atoms with Crippen molar-refractivity contribution < 1.29 is 14.7 Å². The molecule has 0 aromatic heterocycles. The Morgan fingerprint density at radius 2 is 1.87 bits per heavy atom. The van der Waals surface area contributed by atoms with E-state index in [2.05, 4.69) is 16.3 Å². The van der Waals surface area contributed by atoms with Crippen LogP contribution in [0.3, 0.4) is 0 Å². The maximum atomic E-state index is 12.1. The van der Waals surface area contributed by atoms with Crippen LogP contribution in [0.1, 0.15) is 24.8 Å². The quantitative estimate of drug-likeness (QED) is 0.889. The number of hydrogen-bond donors (Lipinski definition) is 2. The monoisotopic (exact) mass is 317 g/mol. The average molecular weight is 317 g/mol. The number of aliphatic hydroxyl groups excluding tert-OH is 1. The van der Waals surface area contributed by atoms with Crippen LogP contribution < -0.4 is 15.1 Å². The number of nitrogens with zero attached hydrogens (tertiary/aromatic N) is 2. The average Bonchev–Trinajstić information content (AvgIpc) is 2.56. The van der Waals surface area contributed by atoms with Crippen LogP contribution in [0.25, 0.3) is 0 Å². The number of benzene rings is 1. The van der Waals surface area contributed by atoms with E-state index in [4.69, 9.17) is 0 Å². The summed E-state index contributed by atoms with van der Waals surface area (Å²) >= 11 is 0. The minimum Gasteiger partial charge on any atom is -0.396 e. The molecule has 0 aliphatic carbocycles. The first-order chi connectivity index (χ1) is 11.1. The molecule has 3 rings (SSSR count). The lowest BCUT2D eigenvalue weighted by molar-refractivity contribution is -0.120. The fraction of sp³-hybridized carbons (Fsp3) is 0.529. The van der Waals surface area contributed by atoms with Gasteiger partial charge >= 0.3 is 6.03 Å². The Morgan fingerprint density at radius 3 is 2.52 bits per heavy atom. The smallest absolute Gasteiger partial charge is 0.328 e. The lowest BCUT2D eigenvalue weighted by Crippen LogP contribution is -2.49. The number of rotatable bonds is 3. The number of carbonyl (C=O) groups is 2. The molecule has 0 unspecified atom stereocenters. The molecule has 2 heterocycles. The van der Waals surface area contributed by atoms with Gasteiger partial charge in [-0.3, -0.25) is 15.0 Å². The Bertz CT molecular complexity index is 609. The van der Waals surface area contributed by atoms with Crippen molar-refractivity contribution in [3.05, 3.63) is 23.8 Å². The molecule has 2 aliphatic heterocycles. The number of nitrogens with one attached hydrogen (secondary N) is 1. The van der Waals surface area contributed by atoms with E-state index >= 15 is 0 Å².